The number of nitrogens with zero attached hydrogens (tertiary/aromatic N) is 1. The first-order chi connectivity index (χ1) is 6.09. The zero-order chi connectivity index (χ0) is 9.84. The average Bonchev–Trinajstić information content (AvgIpc) is 2.47. The fourth-order valence-corrected chi connectivity index (χ4v) is 1.84. The number of carbonyl (C=O) groups excluding carboxylic acids is 1. The van der Waals surface area contributed by atoms with Gasteiger partial charge in [0.25, 0.3) is 5.91 Å². The third kappa shape index (κ3) is 3.41. The van der Waals surface area contributed by atoms with Gasteiger partial charge in [-0.1, -0.05) is 0 Å². The van der Waals surface area contributed by atoms with Gasteiger partial charge in [0.2, 0.25) is 0 Å². The molecule has 0 aliphatic rings. The van der Waals surface area contributed by atoms with Crippen molar-refractivity contribution in [2.75, 3.05) is 6.54 Å². The van der Waals surface area contributed by atoms with Gasteiger partial charge in [0.1, 0.15) is 4.60 Å². The number of rotatable bonds is 3. The zero-order valence-corrected chi connectivity index (χ0v) is 9.35. The fourth-order valence-electron chi connectivity index (χ4n) is 0.674. The summed E-state index contributed by atoms with van der Waals surface area (Å²) in [6.45, 7) is 1.86. The molecule has 0 fully saturated rings. The highest BCUT2D eigenvalue weighted by molar-refractivity contribution is 9.10. The minimum Gasteiger partial charge on any atom is -0.392 e. The van der Waals surface area contributed by atoms with Crippen LogP contribution in [0, 0.1) is 0 Å². The SMILES string of the molecule is C[C@H](O)CNC(=O)c1nc(Br)cs1. The van der Waals surface area contributed by atoms with Gasteiger partial charge in [-0.2, -0.15) is 0 Å². The summed E-state index contributed by atoms with van der Waals surface area (Å²) in [4.78, 5) is 15.2. The number of hydrogen-bond donors (Lipinski definition) is 2. The van der Waals surface area contributed by atoms with Crippen LogP contribution in [0.3, 0.4) is 0 Å². The third-order valence-electron chi connectivity index (χ3n) is 1.23. The van der Waals surface area contributed by atoms with Crippen LogP contribution in [0.25, 0.3) is 0 Å². The highest BCUT2D eigenvalue weighted by Gasteiger charge is 2.09. The molecular weight excluding hydrogens is 256 g/mol. The second-order valence-corrected chi connectivity index (χ2v) is 4.21. The van der Waals surface area contributed by atoms with Crippen LogP contribution in [-0.4, -0.2) is 28.6 Å². The minimum absolute atomic E-state index is 0.246. The minimum atomic E-state index is -0.535. The maximum atomic E-state index is 11.3. The Morgan fingerprint density at radius 1 is 1.92 bits per heavy atom. The van der Waals surface area contributed by atoms with E-state index in [0.717, 1.165) is 0 Å². The second kappa shape index (κ2) is 4.69. The van der Waals surface area contributed by atoms with Gasteiger partial charge in [0.05, 0.1) is 6.10 Å². The summed E-state index contributed by atoms with van der Waals surface area (Å²) >= 11 is 4.41. The summed E-state index contributed by atoms with van der Waals surface area (Å²) in [5.41, 5.74) is 0. The number of nitrogens with one attached hydrogen (secondary N) is 1. The van der Waals surface area contributed by atoms with E-state index in [0.29, 0.717) is 9.61 Å². The Bertz CT molecular complexity index is 300. The standard InChI is InChI=1S/C7H9BrN2O2S/c1-4(11)2-9-6(12)7-10-5(8)3-13-7/h3-4,11H,2H2,1H3,(H,9,12)/t4-/m0/s1. The van der Waals surface area contributed by atoms with Crippen molar-refractivity contribution in [3.63, 3.8) is 0 Å². The van der Waals surface area contributed by atoms with Gasteiger partial charge < -0.3 is 10.4 Å². The Hall–Kier alpha value is -0.460. The van der Waals surface area contributed by atoms with Crippen LogP contribution in [0.5, 0.6) is 0 Å². The molecule has 1 amide bonds. The first-order valence-corrected chi connectivity index (χ1v) is 5.34. The predicted octanol–water partition coefficient (Wildman–Crippen LogP) is 1.02. The average molecular weight is 265 g/mol. The second-order valence-electron chi connectivity index (χ2n) is 2.53. The molecule has 0 saturated heterocycles. The number of hydrogen-bond acceptors (Lipinski definition) is 4. The van der Waals surface area contributed by atoms with E-state index in [4.69, 9.17) is 5.11 Å². The van der Waals surface area contributed by atoms with Crippen molar-refractivity contribution in [2.24, 2.45) is 0 Å². The first kappa shape index (κ1) is 10.6. The van der Waals surface area contributed by atoms with E-state index in [1.54, 1.807) is 12.3 Å². The van der Waals surface area contributed by atoms with Crippen LogP contribution >= 0.6 is 27.3 Å². The van der Waals surface area contributed by atoms with Crippen molar-refractivity contribution in [3.05, 3.63) is 15.0 Å². The first-order valence-electron chi connectivity index (χ1n) is 3.67. The summed E-state index contributed by atoms with van der Waals surface area (Å²) in [5, 5.41) is 13.6. The highest BCUT2D eigenvalue weighted by atomic mass is 79.9. The number of aliphatic hydroxyl groups is 1. The van der Waals surface area contributed by atoms with Crippen molar-refractivity contribution >= 4 is 33.2 Å². The van der Waals surface area contributed by atoms with Gasteiger partial charge in [-0.25, -0.2) is 4.98 Å². The fraction of sp³-hybridized carbons (Fsp3) is 0.429. The lowest BCUT2D eigenvalue weighted by molar-refractivity contribution is 0.0923. The number of carbonyl (C=O) groups is 1. The molecule has 4 nitrogen and oxygen atoms in total. The lowest BCUT2D eigenvalue weighted by atomic mass is 10.4. The number of aromatic nitrogens is 1. The predicted molar refractivity (Wildman–Crippen MR) is 53.8 cm³/mol. The summed E-state index contributed by atoms with van der Waals surface area (Å²) in [6.07, 6.45) is -0.535. The Kier molecular flexibility index (Phi) is 3.83. The van der Waals surface area contributed by atoms with Crippen LogP contribution in [0.1, 0.15) is 16.7 Å². The molecule has 1 heterocycles. The molecule has 0 aromatic carbocycles. The van der Waals surface area contributed by atoms with E-state index >= 15 is 0 Å². The van der Waals surface area contributed by atoms with E-state index < -0.39 is 6.10 Å². The molecule has 0 aliphatic heterocycles. The lowest BCUT2D eigenvalue weighted by Gasteiger charge is -2.04. The monoisotopic (exact) mass is 264 g/mol. The van der Waals surface area contributed by atoms with Gasteiger partial charge in [-0.05, 0) is 22.9 Å². The Morgan fingerprint density at radius 3 is 3.08 bits per heavy atom. The largest absolute Gasteiger partial charge is 0.392 e. The molecule has 1 aromatic rings. The number of halogens is 1. The molecule has 13 heavy (non-hydrogen) atoms. The van der Waals surface area contributed by atoms with Crippen molar-refractivity contribution in [3.8, 4) is 0 Å². The zero-order valence-electron chi connectivity index (χ0n) is 6.95. The van der Waals surface area contributed by atoms with Crippen molar-refractivity contribution in [1.82, 2.24) is 10.3 Å². The van der Waals surface area contributed by atoms with Gasteiger partial charge in [0, 0.05) is 11.9 Å². The summed E-state index contributed by atoms with van der Waals surface area (Å²) < 4.78 is 0.652. The van der Waals surface area contributed by atoms with Crippen LogP contribution in [0.2, 0.25) is 0 Å². The van der Waals surface area contributed by atoms with E-state index in [9.17, 15) is 4.79 Å². The van der Waals surface area contributed by atoms with Gasteiger partial charge in [-0.15, -0.1) is 11.3 Å². The van der Waals surface area contributed by atoms with Crippen molar-refractivity contribution < 1.29 is 9.90 Å². The van der Waals surface area contributed by atoms with E-state index in [1.807, 2.05) is 0 Å². The number of thiazole rings is 1. The van der Waals surface area contributed by atoms with E-state index in [1.165, 1.54) is 11.3 Å². The highest BCUT2D eigenvalue weighted by Crippen LogP contribution is 2.14. The van der Waals surface area contributed by atoms with Crippen LogP contribution in [0.15, 0.2) is 9.98 Å². The quantitative estimate of drug-likeness (QED) is 0.857. The summed E-state index contributed by atoms with van der Waals surface area (Å²) in [5.74, 6) is -0.253. The molecule has 0 unspecified atom stereocenters. The molecule has 0 radical (unpaired) electrons. The molecule has 0 aliphatic carbocycles. The molecule has 0 spiro atoms. The molecular formula is C7H9BrN2O2S. The van der Waals surface area contributed by atoms with E-state index in [-0.39, 0.29) is 12.5 Å². The lowest BCUT2D eigenvalue weighted by Crippen LogP contribution is -2.30. The maximum Gasteiger partial charge on any atom is 0.280 e. The molecule has 6 heteroatoms. The smallest absolute Gasteiger partial charge is 0.280 e. The topological polar surface area (TPSA) is 62.2 Å². The van der Waals surface area contributed by atoms with Crippen molar-refractivity contribution in [2.45, 2.75) is 13.0 Å². The van der Waals surface area contributed by atoms with Gasteiger partial charge in [-0.3, -0.25) is 4.79 Å². The molecule has 1 rings (SSSR count). The molecule has 0 saturated carbocycles. The van der Waals surface area contributed by atoms with Crippen LogP contribution < -0.4 is 5.32 Å². The van der Waals surface area contributed by atoms with Gasteiger partial charge in [0.15, 0.2) is 5.01 Å². The summed E-state index contributed by atoms with van der Waals surface area (Å²) in [7, 11) is 0. The van der Waals surface area contributed by atoms with Crippen molar-refractivity contribution in [1.29, 1.82) is 0 Å². The molecule has 2 N–H and O–H groups in total. The summed E-state index contributed by atoms with van der Waals surface area (Å²) in [6, 6.07) is 0. The van der Waals surface area contributed by atoms with Gasteiger partial charge >= 0.3 is 0 Å². The normalized spacial score (nSPS) is 12.5. The third-order valence-corrected chi connectivity index (χ3v) is 2.78. The van der Waals surface area contributed by atoms with E-state index in [2.05, 4.69) is 26.2 Å². The number of amides is 1. The van der Waals surface area contributed by atoms with Crippen LogP contribution in [0.4, 0.5) is 0 Å². The Morgan fingerprint density at radius 2 is 2.62 bits per heavy atom. The maximum absolute atomic E-state index is 11.3. The van der Waals surface area contributed by atoms with Crippen LogP contribution in [-0.2, 0) is 0 Å². The molecule has 0 bridgehead atoms. The molecule has 1 atom stereocenters. The molecule has 72 valence electrons. The Balaban J connectivity index is 2.49. The number of aliphatic hydroxyl groups excluding tert-OH is 1. The molecule has 1 aromatic heterocycles. The Labute approximate surface area is 88.1 Å².